The third-order valence-electron chi connectivity index (χ3n) is 6.13. The Balaban J connectivity index is 1.28. The quantitative estimate of drug-likeness (QED) is 0.801. The highest BCUT2D eigenvalue weighted by Crippen LogP contribution is 2.33. The molecule has 0 spiro atoms. The van der Waals surface area contributed by atoms with Crippen molar-refractivity contribution in [2.75, 3.05) is 44.2 Å². The van der Waals surface area contributed by atoms with E-state index in [0.29, 0.717) is 12.5 Å². The van der Waals surface area contributed by atoms with Crippen LogP contribution in [0.15, 0.2) is 48.7 Å². The van der Waals surface area contributed by atoms with Crippen molar-refractivity contribution in [1.29, 1.82) is 0 Å². The highest BCUT2D eigenvalue weighted by atomic mass is 16.2. The fourth-order valence-electron chi connectivity index (χ4n) is 4.53. The molecule has 5 heteroatoms. The lowest BCUT2D eigenvalue weighted by molar-refractivity contribution is -0.131. The second-order valence-corrected chi connectivity index (χ2v) is 7.86. The zero-order valence-electron chi connectivity index (χ0n) is 16.8. The molecule has 0 radical (unpaired) electrons. The fraction of sp³-hybridized carbons (Fsp3) is 0.478. The lowest BCUT2D eigenvalue weighted by Gasteiger charge is -2.36. The summed E-state index contributed by atoms with van der Waals surface area (Å²) in [4.78, 5) is 24.0. The van der Waals surface area contributed by atoms with E-state index < -0.39 is 0 Å². The zero-order valence-corrected chi connectivity index (χ0v) is 16.8. The van der Waals surface area contributed by atoms with Crippen LogP contribution < -0.4 is 4.90 Å². The van der Waals surface area contributed by atoms with E-state index in [1.807, 2.05) is 29.3 Å². The molecule has 3 heterocycles. The number of hydrogen-bond donors (Lipinski definition) is 0. The Bertz CT molecular complexity index is 786. The molecule has 0 saturated carbocycles. The molecule has 1 amide bonds. The van der Waals surface area contributed by atoms with Crippen molar-refractivity contribution in [1.82, 2.24) is 14.8 Å². The first-order chi connectivity index (χ1) is 13.7. The molecule has 1 aromatic heterocycles. The molecule has 148 valence electrons. The molecule has 28 heavy (non-hydrogen) atoms. The van der Waals surface area contributed by atoms with Crippen LogP contribution in [0.5, 0.6) is 0 Å². The Morgan fingerprint density at radius 2 is 1.82 bits per heavy atom. The molecule has 1 aromatic carbocycles. The fourth-order valence-corrected chi connectivity index (χ4v) is 4.53. The summed E-state index contributed by atoms with van der Waals surface area (Å²) in [6.45, 7) is 7.44. The number of rotatable bonds is 5. The third kappa shape index (κ3) is 4.20. The molecule has 1 unspecified atom stereocenters. The zero-order chi connectivity index (χ0) is 19.3. The van der Waals surface area contributed by atoms with Gasteiger partial charge in [0, 0.05) is 51.4 Å². The van der Waals surface area contributed by atoms with Crippen LogP contribution in [-0.4, -0.2) is 60.0 Å². The van der Waals surface area contributed by atoms with Gasteiger partial charge in [-0.3, -0.25) is 9.69 Å². The summed E-state index contributed by atoms with van der Waals surface area (Å²) in [5.74, 6) is 1.30. The minimum Gasteiger partial charge on any atom is -0.353 e. The van der Waals surface area contributed by atoms with Crippen LogP contribution in [0.3, 0.4) is 0 Å². The van der Waals surface area contributed by atoms with Gasteiger partial charge in [0.2, 0.25) is 5.91 Å². The first kappa shape index (κ1) is 18.9. The number of carbonyl (C=O) groups is 1. The lowest BCUT2D eigenvalue weighted by atomic mass is 9.99. The number of likely N-dealkylation sites (tertiary alicyclic amines) is 1. The number of nitrogens with zero attached hydrogens (tertiary/aromatic N) is 4. The summed E-state index contributed by atoms with van der Waals surface area (Å²) < 4.78 is 0. The van der Waals surface area contributed by atoms with Gasteiger partial charge in [-0.2, -0.15) is 0 Å². The summed E-state index contributed by atoms with van der Waals surface area (Å²) in [5, 5.41) is 0. The van der Waals surface area contributed by atoms with Crippen molar-refractivity contribution < 1.29 is 4.79 Å². The Morgan fingerprint density at radius 3 is 2.57 bits per heavy atom. The molecule has 2 aliphatic heterocycles. The number of aromatic nitrogens is 1. The maximum Gasteiger partial charge on any atom is 0.223 e. The van der Waals surface area contributed by atoms with Crippen molar-refractivity contribution in [2.24, 2.45) is 0 Å². The van der Waals surface area contributed by atoms with E-state index in [1.165, 1.54) is 24.0 Å². The maximum atomic E-state index is 12.8. The standard InChI is InChI=1S/C23H30N4O/c1-19-7-2-3-8-20(19)21-9-6-13-25(21)14-11-23(28)27-17-15-26(16-18-27)22-10-4-5-12-24-22/h2-5,7-8,10,12,21H,6,9,11,13-18H2,1H3. The number of benzene rings is 1. The van der Waals surface area contributed by atoms with Crippen LogP contribution in [0.2, 0.25) is 0 Å². The Labute approximate surface area is 168 Å². The van der Waals surface area contributed by atoms with Crippen LogP contribution in [0.4, 0.5) is 5.82 Å². The van der Waals surface area contributed by atoms with E-state index in [2.05, 4.69) is 46.0 Å². The number of aryl methyl sites for hydroxylation is 1. The number of anilines is 1. The smallest absolute Gasteiger partial charge is 0.223 e. The Hall–Kier alpha value is -2.40. The normalized spacial score (nSPS) is 20.5. The third-order valence-corrected chi connectivity index (χ3v) is 6.13. The molecule has 2 fully saturated rings. The highest BCUT2D eigenvalue weighted by Gasteiger charge is 2.28. The van der Waals surface area contributed by atoms with Crippen LogP contribution in [-0.2, 0) is 4.79 Å². The van der Waals surface area contributed by atoms with Crippen molar-refractivity contribution in [3.63, 3.8) is 0 Å². The first-order valence-corrected chi connectivity index (χ1v) is 10.5. The van der Waals surface area contributed by atoms with Crippen LogP contribution in [0.1, 0.15) is 36.4 Å². The second kappa shape index (κ2) is 8.74. The monoisotopic (exact) mass is 378 g/mol. The SMILES string of the molecule is Cc1ccccc1C1CCCN1CCC(=O)N1CCN(c2ccccn2)CC1. The van der Waals surface area contributed by atoms with E-state index >= 15 is 0 Å². The molecule has 0 N–H and O–H groups in total. The summed E-state index contributed by atoms with van der Waals surface area (Å²) in [5.41, 5.74) is 2.78. The van der Waals surface area contributed by atoms with Crippen molar-refractivity contribution in [2.45, 2.75) is 32.2 Å². The second-order valence-electron chi connectivity index (χ2n) is 7.86. The molecule has 4 rings (SSSR count). The first-order valence-electron chi connectivity index (χ1n) is 10.5. The number of piperazine rings is 1. The lowest BCUT2D eigenvalue weighted by Crippen LogP contribution is -2.49. The molecule has 2 aliphatic rings. The van der Waals surface area contributed by atoms with E-state index in [4.69, 9.17) is 0 Å². The summed E-state index contributed by atoms with van der Waals surface area (Å²) in [6.07, 6.45) is 4.86. The molecule has 5 nitrogen and oxygen atoms in total. The number of carbonyl (C=O) groups excluding carboxylic acids is 1. The molecular formula is C23H30N4O. The summed E-state index contributed by atoms with van der Waals surface area (Å²) in [6, 6.07) is 15.1. The van der Waals surface area contributed by atoms with Gasteiger partial charge >= 0.3 is 0 Å². The topological polar surface area (TPSA) is 39.7 Å². The van der Waals surface area contributed by atoms with Gasteiger partial charge in [-0.1, -0.05) is 30.3 Å². The number of amides is 1. The van der Waals surface area contributed by atoms with Gasteiger partial charge in [0.1, 0.15) is 5.82 Å². The van der Waals surface area contributed by atoms with Crippen molar-refractivity contribution in [3.05, 3.63) is 59.8 Å². The Morgan fingerprint density at radius 1 is 1.04 bits per heavy atom. The molecule has 0 aliphatic carbocycles. The number of pyridine rings is 1. The van der Waals surface area contributed by atoms with Gasteiger partial charge in [-0.25, -0.2) is 4.98 Å². The van der Waals surface area contributed by atoms with Crippen molar-refractivity contribution >= 4 is 11.7 Å². The molecule has 2 saturated heterocycles. The minimum absolute atomic E-state index is 0.288. The van der Waals surface area contributed by atoms with E-state index in [9.17, 15) is 4.79 Å². The van der Waals surface area contributed by atoms with Crippen LogP contribution in [0, 0.1) is 6.92 Å². The maximum absolute atomic E-state index is 12.8. The molecule has 1 atom stereocenters. The minimum atomic E-state index is 0.288. The predicted molar refractivity (Wildman–Crippen MR) is 112 cm³/mol. The van der Waals surface area contributed by atoms with Gasteiger partial charge < -0.3 is 9.80 Å². The molecule has 0 bridgehead atoms. The van der Waals surface area contributed by atoms with Gasteiger partial charge in [-0.15, -0.1) is 0 Å². The van der Waals surface area contributed by atoms with Crippen LogP contribution in [0.25, 0.3) is 0 Å². The van der Waals surface area contributed by atoms with E-state index in [1.54, 1.807) is 0 Å². The Kier molecular flexibility index (Phi) is 5.91. The van der Waals surface area contributed by atoms with E-state index in [0.717, 1.165) is 45.1 Å². The predicted octanol–water partition coefficient (Wildman–Crippen LogP) is 3.27. The van der Waals surface area contributed by atoms with Gasteiger partial charge in [-0.05, 0) is 49.6 Å². The van der Waals surface area contributed by atoms with Gasteiger partial charge in [0.25, 0.3) is 0 Å². The molecular weight excluding hydrogens is 348 g/mol. The van der Waals surface area contributed by atoms with Gasteiger partial charge in [0.05, 0.1) is 0 Å². The molecule has 2 aromatic rings. The summed E-state index contributed by atoms with van der Waals surface area (Å²) in [7, 11) is 0. The van der Waals surface area contributed by atoms with Crippen LogP contribution >= 0.6 is 0 Å². The summed E-state index contributed by atoms with van der Waals surface area (Å²) >= 11 is 0. The average Bonchev–Trinajstić information content (AvgIpc) is 3.21. The van der Waals surface area contributed by atoms with Crippen molar-refractivity contribution in [3.8, 4) is 0 Å². The number of hydrogen-bond acceptors (Lipinski definition) is 4. The largest absolute Gasteiger partial charge is 0.353 e. The van der Waals surface area contributed by atoms with E-state index in [-0.39, 0.29) is 5.91 Å². The highest BCUT2D eigenvalue weighted by molar-refractivity contribution is 5.76. The average molecular weight is 379 g/mol. The van der Waals surface area contributed by atoms with Gasteiger partial charge in [0.15, 0.2) is 0 Å².